The summed E-state index contributed by atoms with van der Waals surface area (Å²) >= 11 is 6.04. The highest BCUT2D eigenvalue weighted by atomic mass is 35.5. The zero-order valence-electron chi connectivity index (χ0n) is 33.3. The number of rotatable bonds is 9. The number of aliphatic hydroxyl groups excluding tert-OH is 1. The number of esters is 1. The molecule has 0 bridgehead atoms. The normalized spacial score (nSPS) is 38.6. The number of benzene rings is 1. The molecule has 1 N–H and O–H groups in total. The van der Waals surface area contributed by atoms with Crippen molar-refractivity contribution in [2.45, 2.75) is 135 Å². The molecule has 3 heterocycles. The summed E-state index contributed by atoms with van der Waals surface area (Å²) in [4.78, 5) is 45.7. The Morgan fingerprint density at radius 3 is 2.36 bits per heavy atom. The van der Waals surface area contributed by atoms with E-state index in [4.69, 9.17) is 35.3 Å². The van der Waals surface area contributed by atoms with Crippen LogP contribution >= 0.6 is 11.6 Å². The van der Waals surface area contributed by atoms with Crippen LogP contribution in [0.25, 0.3) is 6.08 Å². The maximum atomic E-state index is 14.6. The zero-order valence-corrected chi connectivity index (χ0v) is 34.1. The molecule has 0 aromatic heterocycles. The van der Waals surface area contributed by atoms with E-state index in [1.807, 2.05) is 97.0 Å². The van der Waals surface area contributed by atoms with Crippen molar-refractivity contribution in [1.82, 2.24) is 9.80 Å². The SMILES string of the molecule is CC[C@H]1OC(=O)/C(C)=C/[C@H](C)[C@@H](O[C@@H]2O[C@H](C)C[C@H](N(C)C)[C@H]2O)[C@@](C)(OC)C[C@@H](C)C(=O)[C@H](C)[C@H]2N(CC/C=C\c3ccc(Cl)cc3)C(=O)O[C@]12C. The lowest BCUT2D eigenvalue weighted by molar-refractivity contribution is -0.294. The van der Waals surface area contributed by atoms with E-state index in [2.05, 4.69) is 0 Å². The minimum absolute atomic E-state index is 0.0869. The zero-order chi connectivity index (χ0) is 39.4. The lowest BCUT2D eigenvalue weighted by Crippen LogP contribution is -2.59. The van der Waals surface area contributed by atoms with Gasteiger partial charge in [-0.3, -0.25) is 4.79 Å². The van der Waals surface area contributed by atoms with Crippen LogP contribution in [0.3, 0.4) is 0 Å². The third kappa shape index (κ3) is 9.54. The fourth-order valence-corrected chi connectivity index (χ4v) is 8.75. The quantitative estimate of drug-likeness (QED) is 0.273. The third-order valence-electron chi connectivity index (χ3n) is 11.5. The Labute approximate surface area is 320 Å². The van der Waals surface area contributed by atoms with Gasteiger partial charge in [-0.2, -0.15) is 0 Å². The molecule has 3 aliphatic heterocycles. The van der Waals surface area contributed by atoms with Gasteiger partial charge in [0.05, 0.1) is 23.9 Å². The number of Topliss-reactive ketones (excluding diaryl/α,β-unsaturated/α-hetero) is 1. The number of hydrogen-bond acceptors (Lipinski definition) is 10. The largest absolute Gasteiger partial charge is 0.455 e. The second kappa shape index (κ2) is 17.8. The summed E-state index contributed by atoms with van der Waals surface area (Å²) in [6, 6.07) is 6.52. The Kier molecular flexibility index (Phi) is 14.4. The molecule has 1 aromatic carbocycles. The van der Waals surface area contributed by atoms with Crippen LogP contribution < -0.4 is 0 Å². The lowest BCUT2D eigenvalue weighted by Gasteiger charge is -2.47. The molecule has 2 saturated heterocycles. The van der Waals surface area contributed by atoms with Gasteiger partial charge in [-0.25, -0.2) is 9.59 Å². The molecule has 0 spiro atoms. The topological polar surface area (TPSA) is 124 Å². The number of ketones is 1. The number of carbonyl (C=O) groups is 3. The van der Waals surface area contributed by atoms with Crippen LogP contribution in [-0.2, 0) is 33.3 Å². The van der Waals surface area contributed by atoms with Gasteiger partial charge in [0.15, 0.2) is 11.9 Å². The monoisotopic (exact) mass is 760 g/mol. The molecule has 12 heteroatoms. The van der Waals surface area contributed by atoms with Gasteiger partial charge in [0.1, 0.15) is 18.0 Å². The fraction of sp³-hybridized carbons (Fsp3) is 0.683. The molecule has 0 radical (unpaired) electrons. The summed E-state index contributed by atoms with van der Waals surface area (Å²) < 4.78 is 31.4. The number of halogens is 1. The van der Waals surface area contributed by atoms with E-state index >= 15 is 0 Å². The van der Waals surface area contributed by atoms with Crippen molar-refractivity contribution in [3.05, 3.63) is 52.6 Å². The molecule has 0 saturated carbocycles. The number of nitrogens with zero attached hydrogens (tertiary/aromatic N) is 2. The number of fused-ring (bicyclic) bond motifs is 1. The first-order valence-electron chi connectivity index (χ1n) is 18.9. The molecule has 12 atom stereocenters. The summed E-state index contributed by atoms with van der Waals surface area (Å²) in [5.74, 6) is -2.33. The Bertz CT molecular complexity index is 1500. The van der Waals surface area contributed by atoms with Gasteiger partial charge in [0.25, 0.3) is 0 Å². The lowest BCUT2D eigenvalue weighted by atomic mass is 9.74. The molecular formula is C41H61ClN2O9. The molecule has 11 nitrogen and oxygen atoms in total. The molecule has 3 aliphatic rings. The van der Waals surface area contributed by atoms with Gasteiger partial charge >= 0.3 is 12.1 Å². The van der Waals surface area contributed by atoms with Crippen LogP contribution in [0.5, 0.6) is 0 Å². The number of carbonyl (C=O) groups excluding carboxylic acids is 3. The maximum Gasteiger partial charge on any atom is 0.410 e. The number of amides is 1. The number of cyclic esters (lactones) is 1. The maximum absolute atomic E-state index is 14.6. The average Bonchev–Trinajstić information content (AvgIpc) is 3.37. The Morgan fingerprint density at radius 1 is 1.09 bits per heavy atom. The van der Waals surface area contributed by atoms with Crippen molar-refractivity contribution in [1.29, 1.82) is 0 Å². The van der Waals surface area contributed by atoms with Crippen LogP contribution in [0.4, 0.5) is 4.79 Å². The van der Waals surface area contributed by atoms with Crippen LogP contribution in [0.2, 0.25) is 5.02 Å². The number of methoxy groups -OCH3 is 1. The van der Waals surface area contributed by atoms with Gasteiger partial charge in [-0.1, -0.05) is 69.7 Å². The van der Waals surface area contributed by atoms with Crippen molar-refractivity contribution in [2.24, 2.45) is 17.8 Å². The highest BCUT2D eigenvalue weighted by Gasteiger charge is 2.59. The fourth-order valence-electron chi connectivity index (χ4n) is 8.62. The minimum Gasteiger partial charge on any atom is -0.455 e. The highest BCUT2D eigenvalue weighted by molar-refractivity contribution is 6.30. The van der Waals surface area contributed by atoms with Crippen LogP contribution in [0.15, 0.2) is 42.0 Å². The van der Waals surface area contributed by atoms with Crippen LogP contribution in [0, 0.1) is 17.8 Å². The van der Waals surface area contributed by atoms with Crippen LogP contribution in [0.1, 0.15) is 86.6 Å². The van der Waals surface area contributed by atoms with Gasteiger partial charge in [-0.05, 0) is 85.2 Å². The molecule has 0 unspecified atom stereocenters. The predicted octanol–water partition coefficient (Wildman–Crippen LogP) is 6.69. The number of hydrogen-bond donors (Lipinski definition) is 1. The molecular weight excluding hydrogens is 700 g/mol. The Hall–Kier alpha value is -2.80. The van der Waals surface area contributed by atoms with Crippen molar-refractivity contribution < 1.29 is 43.2 Å². The first-order chi connectivity index (χ1) is 24.9. The van der Waals surface area contributed by atoms with Gasteiger partial charge in [0, 0.05) is 48.0 Å². The van der Waals surface area contributed by atoms with Gasteiger partial charge < -0.3 is 38.6 Å². The van der Waals surface area contributed by atoms with E-state index in [1.165, 1.54) is 0 Å². The second-order valence-electron chi connectivity index (χ2n) is 15.9. The molecule has 0 aliphatic carbocycles. The van der Waals surface area contributed by atoms with Crippen molar-refractivity contribution in [3.63, 3.8) is 0 Å². The van der Waals surface area contributed by atoms with E-state index in [-0.39, 0.29) is 30.9 Å². The third-order valence-corrected chi connectivity index (χ3v) is 11.8. The second-order valence-corrected chi connectivity index (χ2v) is 16.3. The first kappa shape index (κ1) is 42.9. The van der Waals surface area contributed by atoms with Gasteiger partial charge in [-0.15, -0.1) is 0 Å². The van der Waals surface area contributed by atoms with E-state index in [0.29, 0.717) is 29.9 Å². The smallest absolute Gasteiger partial charge is 0.410 e. The summed E-state index contributed by atoms with van der Waals surface area (Å²) in [5, 5.41) is 12.1. The van der Waals surface area contributed by atoms with E-state index in [0.717, 1.165) is 5.56 Å². The molecule has 296 valence electrons. The minimum atomic E-state index is -1.31. The number of aliphatic hydroxyl groups is 1. The summed E-state index contributed by atoms with van der Waals surface area (Å²) in [5.41, 5.74) is -1.07. The number of likely N-dealkylation sites (N-methyl/N-ethyl adjacent to an activating group) is 1. The molecule has 53 heavy (non-hydrogen) atoms. The van der Waals surface area contributed by atoms with Crippen molar-refractivity contribution >= 4 is 35.5 Å². The molecule has 1 amide bonds. The number of ether oxygens (including phenoxy) is 5. The standard InChI is InChI=1S/C41H61ClN2O9/c1-12-32-41(8)35(44(39(48)53-41)20-14-13-15-29-16-18-30(42)19-17-29)28(6)33(45)26(4)23-40(7,49-11)36(24(2)21-25(3)37(47)51-32)52-38-34(46)31(43(9)10)22-27(5)50-38/h13,15-19,21,24,26-28,31-32,34-36,38,46H,12,14,20,22-23H2,1-11H3/b15-13-,25-21+/t24-,26+,27+,28-,31-,32+,34+,35+,36+,38-,40-,41+/m0/s1. The Morgan fingerprint density at radius 2 is 1.75 bits per heavy atom. The summed E-state index contributed by atoms with van der Waals surface area (Å²) in [6.45, 7) is 15.0. The highest BCUT2D eigenvalue weighted by Crippen LogP contribution is 2.43. The van der Waals surface area contributed by atoms with Crippen molar-refractivity contribution in [2.75, 3.05) is 27.7 Å². The van der Waals surface area contributed by atoms with E-state index in [1.54, 1.807) is 31.9 Å². The average molecular weight is 761 g/mol. The summed E-state index contributed by atoms with van der Waals surface area (Å²) in [7, 11) is 5.40. The predicted molar refractivity (Wildman–Crippen MR) is 204 cm³/mol. The molecule has 4 rings (SSSR count). The van der Waals surface area contributed by atoms with Crippen LogP contribution in [-0.4, -0.2) is 114 Å². The first-order valence-corrected chi connectivity index (χ1v) is 19.3. The summed E-state index contributed by atoms with van der Waals surface area (Å²) in [6.07, 6.45) is 3.19. The molecule has 2 fully saturated rings. The van der Waals surface area contributed by atoms with E-state index < -0.39 is 71.7 Å². The Balaban J connectivity index is 1.72. The van der Waals surface area contributed by atoms with E-state index in [9.17, 15) is 19.5 Å². The van der Waals surface area contributed by atoms with Gasteiger partial charge in [0.2, 0.25) is 0 Å². The van der Waals surface area contributed by atoms with Crippen molar-refractivity contribution in [3.8, 4) is 0 Å². The molecule has 1 aromatic rings.